The SMILES string of the molecule is CC/C=C/C/C=C/C/C=C/C/C=C/C/C=C/CCCCCC(=O)O[C@H](COC(=O)CCC/C=C/C/C=C/C/C=C/C/C=C/CCCCCCCCC)COP(=O)(O)OC[C@@H](O)CO. The van der Waals surface area contributed by atoms with Gasteiger partial charge in [-0.25, -0.2) is 4.57 Å². The van der Waals surface area contributed by atoms with Crippen LogP contribution in [0.1, 0.15) is 168 Å². The van der Waals surface area contributed by atoms with Gasteiger partial charge in [-0.05, 0) is 96.3 Å². The Morgan fingerprint density at radius 1 is 0.492 bits per heavy atom. The molecule has 0 saturated heterocycles. The number of phosphoric ester groups is 1. The zero-order valence-electron chi connectivity index (χ0n) is 39.0. The molecule has 0 bridgehead atoms. The molecule has 0 aromatic heterocycles. The van der Waals surface area contributed by atoms with E-state index in [1.807, 2.05) is 6.08 Å². The summed E-state index contributed by atoms with van der Waals surface area (Å²) in [4.78, 5) is 35.1. The second-order valence-electron chi connectivity index (χ2n) is 15.4. The Balaban J connectivity index is 4.42. The fourth-order valence-electron chi connectivity index (χ4n) is 5.78. The van der Waals surface area contributed by atoms with Crippen molar-refractivity contribution >= 4 is 19.8 Å². The number of hydrogen-bond donors (Lipinski definition) is 3. The minimum atomic E-state index is -4.65. The van der Waals surface area contributed by atoms with E-state index in [1.54, 1.807) is 0 Å². The van der Waals surface area contributed by atoms with Gasteiger partial charge in [0.2, 0.25) is 0 Å². The van der Waals surface area contributed by atoms with Crippen LogP contribution in [0, 0.1) is 0 Å². The highest BCUT2D eigenvalue weighted by Crippen LogP contribution is 2.43. The van der Waals surface area contributed by atoms with E-state index in [9.17, 15) is 24.2 Å². The number of phosphoric acid groups is 1. The van der Waals surface area contributed by atoms with Crippen LogP contribution in [-0.4, -0.2) is 65.7 Å². The first-order valence-electron chi connectivity index (χ1n) is 23.8. The van der Waals surface area contributed by atoms with Crippen LogP contribution in [0.5, 0.6) is 0 Å². The van der Waals surface area contributed by atoms with Gasteiger partial charge in [0.25, 0.3) is 0 Å². The van der Waals surface area contributed by atoms with Gasteiger partial charge in [0, 0.05) is 12.8 Å². The van der Waals surface area contributed by atoms with Gasteiger partial charge in [0.15, 0.2) is 6.10 Å². The summed E-state index contributed by atoms with van der Waals surface area (Å²) < 4.78 is 32.7. The molecule has 0 aromatic carbocycles. The van der Waals surface area contributed by atoms with E-state index < -0.39 is 51.8 Å². The number of allylic oxidation sites excluding steroid dienone is 18. The molecule has 0 heterocycles. The highest BCUT2D eigenvalue weighted by Gasteiger charge is 2.27. The van der Waals surface area contributed by atoms with Crippen LogP contribution >= 0.6 is 7.82 Å². The number of aliphatic hydroxyl groups excluding tert-OH is 2. The lowest BCUT2D eigenvalue weighted by molar-refractivity contribution is -0.161. The molecule has 0 saturated carbocycles. The first-order chi connectivity index (χ1) is 30.7. The summed E-state index contributed by atoms with van der Waals surface area (Å²) in [5.74, 6) is -1.04. The molecule has 0 aliphatic carbocycles. The van der Waals surface area contributed by atoms with Gasteiger partial charge in [0.05, 0.1) is 19.8 Å². The molecule has 0 aromatic rings. The molecule has 0 amide bonds. The van der Waals surface area contributed by atoms with Crippen LogP contribution in [0.3, 0.4) is 0 Å². The molecule has 3 atom stereocenters. The molecular formula is C52H85O10P. The number of aliphatic hydroxyl groups is 2. The molecule has 63 heavy (non-hydrogen) atoms. The Bertz CT molecular complexity index is 1410. The minimum absolute atomic E-state index is 0.126. The lowest BCUT2D eigenvalue weighted by Gasteiger charge is -2.20. The zero-order chi connectivity index (χ0) is 46.2. The highest BCUT2D eigenvalue weighted by atomic mass is 31.2. The van der Waals surface area contributed by atoms with Crippen molar-refractivity contribution in [2.75, 3.05) is 26.4 Å². The largest absolute Gasteiger partial charge is 0.472 e. The van der Waals surface area contributed by atoms with Gasteiger partial charge in [-0.15, -0.1) is 0 Å². The monoisotopic (exact) mass is 901 g/mol. The van der Waals surface area contributed by atoms with Crippen LogP contribution in [0.2, 0.25) is 0 Å². The molecule has 0 rings (SSSR count). The average molecular weight is 901 g/mol. The number of ether oxygens (including phenoxy) is 2. The second kappa shape index (κ2) is 46.6. The second-order valence-corrected chi connectivity index (χ2v) is 16.8. The van der Waals surface area contributed by atoms with E-state index in [0.29, 0.717) is 19.3 Å². The lowest BCUT2D eigenvalue weighted by atomic mass is 10.1. The summed E-state index contributed by atoms with van der Waals surface area (Å²) in [5, 5.41) is 18.4. The predicted molar refractivity (Wildman–Crippen MR) is 260 cm³/mol. The van der Waals surface area contributed by atoms with E-state index in [2.05, 4.69) is 122 Å². The first-order valence-corrected chi connectivity index (χ1v) is 25.3. The van der Waals surface area contributed by atoms with Crippen molar-refractivity contribution < 1.29 is 47.8 Å². The standard InChI is InChI=1S/C52H85O10P/c1-3-5-7-9-11-13-15-17-19-21-23-24-26-27-29-31-33-35-37-39-41-43-51(55)59-47-50(48-61-63(57,58)60-46-49(54)45-53)62-52(56)44-42-40-38-36-34-32-30-28-25-22-20-18-16-14-12-10-8-6-4-2/h6,8,12,14,18-21,24-26,28-29,31-32,34-35,37,49-50,53-54H,3-5,7,9-11,13,15-17,22-23,27,30,33,36,38-48H2,1-2H3,(H,57,58)/b8-6+,14-12+,20-18+,21-19+,26-24+,28-25+,31-29+,34-32+,37-35+/t49-,50+/m0/s1. The molecule has 0 spiro atoms. The van der Waals surface area contributed by atoms with Crippen molar-refractivity contribution in [3.8, 4) is 0 Å². The van der Waals surface area contributed by atoms with Crippen molar-refractivity contribution in [2.24, 2.45) is 0 Å². The average Bonchev–Trinajstić information content (AvgIpc) is 3.27. The molecule has 0 fully saturated rings. The third kappa shape index (κ3) is 46.4. The molecule has 11 heteroatoms. The molecule has 10 nitrogen and oxygen atoms in total. The first kappa shape index (κ1) is 59.6. The summed E-state index contributed by atoms with van der Waals surface area (Å²) in [7, 11) is -4.65. The minimum Gasteiger partial charge on any atom is -0.462 e. The molecule has 0 aliphatic heterocycles. The molecular weight excluding hydrogens is 816 g/mol. The van der Waals surface area contributed by atoms with E-state index in [1.165, 1.54) is 51.4 Å². The number of rotatable bonds is 43. The van der Waals surface area contributed by atoms with E-state index >= 15 is 0 Å². The smallest absolute Gasteiger partial charge is 0.462 e. The molecule has 358 valence electrons. The maximum absolute atomic E-state index is 12.6. The molecule has 0 aliphatic rings. The number of carbonyl (C=O) groups is 2. The van der Waals surface area contributed by atoms with Crippen molar-refractivity contribution in [3.05, 3.63) is 109 Å². The van der Waals surface area contributed by atoms with Gasteiger partial charge in [-0.1, -0.05) is 168 Å². The molecule has 0 radical (unpaired) electrons. The summed E-state index contributed by atoms with van der Waals surface area (Å²) in [6.07, 6.45) is 59.2. The maximum atomic E-state index is 12.6. The topological polar surface area (TPSA) is 149 Å². The third-order valence-corrected chi connectivity index (χ3v) is 10.4. The Kier molecular flexibility index (Phi) is 44.1. The van der Waals surface area contributed by atoms with E-state index in [0.717, 1.165) is 70.6 Å². The van der Waals surface area contributed by atoms with Gasteiger partial charge < -0.3 is 24.6 Å². The summed E-state index contributed by atoms with van der Waals surface area (Å²) in [6.45, 7) is 2.15. The summed E-state index contributed by atoms with van der Waals surface area (Å²) in [5.41, 5.74) is 0. The van der Waals surface area contributed by atoms with Crippen LogP contribution in [-0.2, 0) is 32.7 Å². The maximum Gasteiger partial charge on any atom is 0.472 e. The van der Waals surface area contributed by atoms with Gasteiger partial charge in [0.1, 0.15) is 12.7 Å². The Hall–Kier alpha value is -3.37. The summed E-state index contributed by atoms with van der Waals surface area (Å²) >= 11 is 0. The molecule has 3 N–H and O–H groups in total. The van der Waals surface area contributed by atoms with Crippen LogP contribution in [0.25, 0.3) is 0 Å². The quantitative estimate of drug-likeness (QED) is 0.0234. The number of carbonyl (C=O) groups excluding carboxylic acids is 2. The zero-order valence-corrected chi connectivity index (χ0v) is 39.9. The van der Waals surface area contributed by atoms with Crippen molar-refractivity contribution in [1.29, 1.82) is 0 Å². The van der Waals surface area contributed by atoms with E-state index in [4.69, 9.17) is 19.1 Å². The van der Waals surface area contributed by atoms with Gasteiger partial charge in [-0.3, -0.25) is 18.6 Å². The normalized spacial score (nSPS) is 14.7. The molecule has 1 unspecified atom stereocenters. The highest BCUT2D eigenvalue weighted by molar-refractivity contribution is 7.47. The fraction of sp³-hybridized carbons (Fsp3) is 0.615. The van der Waals surface area contributed by atoms with Gasteiger partial charge in [-0.2, -0.15) is 0 Å². The van der Waals surface area contributed by atoms with Crippen LogP contribution in [0.15, 0.2) is 109 Å². The fourth-order valence-corrected chi connectivity index (χ4v) is 6.57. The van der Waals surface area contributed by atoms with Crippen molar-refractivity contribution in [2.45, 2.75) is 180 Å². The van der Waals surface area contributed by atoms with Crippen molar-refractivity contribution in [3.63, 3.8) is 0 Å². The Labute approximate surface area is 382 Å². The van der Waals surface area contributed by atoms with Crippen molar-refractivity contribution in [1.82, 2.24) is 0 Å². The number of unbranched alkanes of at least 4 members (excludes halogenated alkanes) is 11. The van der Waals surface area contributed by atoms with Gasteiger partial charge >= 0.3 is 19.8 Å². The Morgan fingerprint density at radius 2 is 0.889 bits per heavy atom. The Morgan fingerprint density at radius 3 is 1.37 bits per heavy atom. The summed E-state index contributed by atoms with van der Waals surface area (Å²) in [6, 6.07) is 0. The third-order valence-electron chi connectivity index (χ3n) is 9.41. The van der Waals surface area contributed by atoms with Crippen LogP contribution in [0.4, 0.5) is 0 Å². The predicted octanol–water partition coefficient (Wildman–Crippen LogP) is 13.3. The van der Waals surface area contributed by atoms with E-state index in [-0.39, 0.29) is 19.4 Å². The lowest BCUT2D eigenvalue weighted by Crippen LogP contribution is -2.29. The number of hydrogen-bond acceptors (Lipinski definition) is 9. The van der Waals surface area contributed by atoms with Crippen LogP contribution < -0.4 is 0 Å². The number of esters is 2.